The van der Waals surface area contributed by atoms with Gasteiger partial charge in [0, 0.05) is 28.8 Å². The molecule has 0 saturated heterocycles. The number of carbonyl (C=O) groups is 4. The molecule has 49 heavy (non-hydrogen) atoms. The third-order valence-corrected chi connectivity index (χ3v) is 7.51. The fourth-order valence-corrected chi connectivity index (χ4v) is 4.90. The Morgan fingerprint density at radius 1 is 0.714 bits per heavy atom. The first-order chi connectivity index (χ1) is 23.9. The zero-order chi connectivity index (χ0) is 35.0. The van der Waals surface area contributed by atoms with Gasteiger partial charge in [-0.1, -0.05) is 52.3 Å². The molecule has 0 aliphatic carbocycles. The second-order valence-corrected chi connectivity index (χ2v) is 11.0. The molecule has 0 spiro atoms. The number of methoxy groups -OCH3 is 2. The fourth-order valence-electron chi connectivity index (χ4n) is 4.74. The van der Waals surface area contributed by atoms with Crippen molar-refractivity contribution in [1.82, 2.24) is 9.55 Å². The molecule has 0 aliphatic heterocycles. The normalized spacial score (nSPS) is 10.2. The molecular formula is C38H35BrN2O8. The largest absolute Gasteiger partial charge is 0.492 e. The molecule has 6 aromatic rings. The summed E-state index contributed by atoms with van der Waals surface area (Å²) in [4.78, 5) is 47.3. The predicted molar refractivity (Wildman–Crippen MR) is 191 cm³/mol. The molecule has 0 bridgehead atoms. The van der Waals surface area contributed by atoms with Crippen molar-refractivity contribution in [2.24, 2.45) is 0 Å². The number of nitrogens with zero attached hydrogens (tertiary/aromatic N) is 1. The summed E-state index contributed by atoms with van der Waals surface area (Å²) < 4.78 is 22.4. The second-order valence-electron chi connectivity index (χ2n) is 10.2. The minimum absolute atomic E-state index is 0.309. The maximum atomic E-state index is 11.7. The molecule has 0 radical (unpaired) electrons. The van der Waals surface area contributed by atoms with Gasteiger partial charge < -0.3 is 28.5 Å². The first-order valence-electron chi connectivity index (χ1n) is 15.1. The maximum absolute atomic E-state index is 11.7. The van der Waals surface area contributed by atoms with E-state index in [1.807, 2.05) is 59.4 Å². The molecule has 252 valence electrons. The maximum Gasteiger partial charge on any atom is 0.337 e. The number of H-pyrrole nitrogens is 1. The molecular weight excluding hydrogens is 692 g/mol. The molecule has 6 rings (SSSR count). The molecule has 10 nitrogen and oxygen atoms in total. The lowest BCUT2D eigenvalue weighted by atomic mass is 10.1. The zero-order valence-corrected chi connectivity index (χ0v) is 28.6. The number of ether oxygens (including phenoxy) is 4. The van der Waals surface area contributed by atoms with E-state index in [1.165, 1.54) is 14.2 Å². The lowest BCUT2D eigenvalue weighted by Crippen LogP contribution is -2.08. The van der Waals surface area contributed by atoms with Gasteiger partial charge in [-0.3, -0.25) is 9.59 Å². The van der Waals surface area contributed by atoms with Gasteiger partial charge in [-0.2, -0.15) is 0 Å². The van der Waals surface area contributed by atoms with Crippen molar-refractivity contribution < 1.29 is 38.1 Å². The SMILES string of the molecule is COC(=O)c1ccc2cc[nH]c2c1.COC(=O)c1ccc2ccn(CCOc3ccccc3C=O)c2c1.O=Cc1ccccc1OCCBr. The van der Waals surface area contributed by atoms with Crippen LogP contribution >= 0.6 is 15.9 Å². The lowest BCUT2D eigenvalue weighted by molar-refractivity contribution is 0.0592. The molecule has 2 aromatic heterocycles. The van der Waals surface area contributed by atoms with Crippen LogP contribution in [0.3, 0.4) is 0 Å². The monoisotopic (exact) mass is 726 g/mol. The van der Waals surface area contributed by atoms with Crippen molar-refractivity contribution >= 4 is 62.2 Å². The van der Waals surface area contributed by atoms with Crippen LogP contribution in [0.2, 0.25) is 0 Å². The molecule has 2 heterocycles. The van der Waals surface area contributed by atoms with Crippen molar-refractivity contribution in [2.45, 2.75) is 6.54 Å². The molecule has 0 unspecified atom stereocenters. The van der Waals surface area contributed by atoms with Crippen molar-refractivity contribution in [3.8, 4) is 11.5 Å². The van der Waals surface area contributed by atoms with Gasteiger partial charge >= 0.3 is 11.9 Å². The van der Waals surface area contributed by atoms with Gasteiger partial charge in [0.25, 0.3) is 0 Å². The van der Waals surface area contributed by atoms with E-state index < -0.39 is 0 Å². The average molecular weight is 728 g/mol. The molecule has 4 aromatic carbocycles. The van der Waals surface area contributed by atoms with Gasteiger partial charge in [0.1, 0.15) is 18.1 Å². The number of hydrogen-bond donors (Lipinski definition) is 1. The number of rotatable bonds is 11. The minimum atomic E-state index is -0.360. The summed E-state index contributed by atoms with van der Waals surface area (Å²) in [5.74, 6) is 0.545. The smallest absolute Gasteiger partial charge is 0.337 e. The Hall–Kier alpha value is -5.68. The van der Waals surface area contributed by atoms with E-state index in [9.17, 15) is 19.2 Å². The third-order valence-electron chi connectivity index (χ3n) is 7.19. The number of para-hydroxylation sites is 2. The quantitative estimate of drug-likeness (QED) is 0.0825. The first kappa shape index (κ1) is 36.2. The van der Waals surface area contributed by atoms with Gasteiger partial charge in [-0.25, -0.2) is 9.59 Å². The Kier molecular flexibility index (Phi) is 13.7. The highest BCUT2D eigenvalue weighted by atomic mass is 79.9. The van der Waals surface area contributed by atoms with Crippen LogP contribution in [0, 0.1) is 0 Å². The summed E-state index contributed by atoms with van der Waals surface area (Å²) in [5, 5.41) is 2.89. The molecule has 0 fully saturated rings. The third kappa shape index (κ3) is 9.91. The Morgan fingerprint density at radius 2 is 1.29 bits per heavy atom. The predicted octanol–water partition coefficient (Wildman–Crippen LogP) is 7.55. The van der Waals surface area contributed by atoms with Gasteiger partial charge in [0.05, 0.1) is 49.6 Å². The van der Waals surface area contributed by atoms with Crippen LogP contribution in [0.5, 0.6) is 11.5 Å². The van der Waals surface area contributed by atoms with Crippen molar-refractivity contribution in [3.63, 3.8) is 0 Å². The number of hydrogen-bond acceptors (Lipinski definition) is 8. The summed E-state index contributed by atoms with van der Waals surface area (Å²) in [6.45, 7) is 1.59. The minimum Gasteiger partial charge on any atom is -0.492 e. The van der Waals surface area contributed by atoms with Crippen molar-refractivity contribution in [3.05, 3.63) is 132 Å². The number of aromatic amines is 1. The Bertz CT molecular complexity index is 2020. The van der Waals surface area contributed by atoms with Crippen LogP contribution in [-0.4, -0.2) is 66.8 Å². The summed E-state index contributed by atoms with van der Waals surface area (Å²) in [7, 11) is 2.74. The Morgan fingerprint density at radius 3 is 1.88 bits per heavy atom. The van der Waals surface area contributed by atoms with Crippen LogP contribution in [0.1, 0.15) is 41.4 Å². The number of benzene rings is 4. The number of alkyl halides is 1. The summed E-state index contributed by atoms with van der Waals surface area (Å²) >= 11 is 3.24. The van der Waals surface area contributed by atoms with E-state index in [0.717, 1.165) is 39.7 Å². The van der Waals surface area contributed by atoms with E-state index in [4.69, 9.17) is 14.2 Å². The molecule has 0 amide bonds. The lowest BCUT2D eigenvalue weighted by Gasteiger charge is -2.10. The Labute approximate surface area is 291 Å². The standard InChI is InChI=1S/C19H17NO4.C10H9NO2.C9H9BrO2/c1-23-19(22)15-7-6-14-8-9-20(17(14)12-15)10-11-24-18-5-3-2-4-16(18)13-21;1-13-10(12)8-3-2-7-4-5-11-9(7)6-8;10-5-6-12-9-4-2-1-3-8(9)7-11/h2-9,12-13H,10-11H2,1H3;2-6,11H,1H3;1-4,7H,5-6H2. The first-order valence-corrected chi connectivity index (χ1v) is 16.3. The van der Waals surface area contributed by atoms with E-state index in [-0.39, 0.29) is 11.9 Å². The molecule has 0 aliphatic rings. The van der Waals surface area contributed by atoms with Crippen LogP contribution in [-0.2, 0) is 16.0 Å². The molecule has 0 atom stereocenters. The number of carbonyl (C=O) groups excluding carboxylic acids is 4. The summed E-state index contributed by atoms with van der Waals surface area (Å²) in [5.41, 5.74) is 4.09. The number of esters is 2. The zero-order valence-electron chi connectivity index (χ0n) is 27.0. The average Bonchev–Trinajstić information content (AvgIpc) is 3.80. The molecule has 0 saturated carbocycles. The van der Waals surface area contributed by atoms with Crippen LogP contribution in [0.4, 0.5) is 0 Å². The van der Waals surface area contributed by atoms with Crippen molar-refractivity contribution in [1.29, 1.82) is 0 Å². The number of fused-ring (bicyclic) bond motifs is 2. The number of aldehydes is 2. The van der Waals surface area contributed by atoms with Gasteiger partial charge in [-0.05, 0) is 71.4 Å². The second kappa shape index (κ2) is 18.6. The topological polar surface area (TPSA) is 126 Å². The highest BCUT2D eigenvalue weighted by Crippen LogP contribution is 2.20. The van der Waals surface area contributed by atoms with E-state index in [0.29, 0.717) is 53.5 Å². The van der Waals surface area contributed by atoms with E-state index in [2.05, 4.69) is 25.7 Å². The highest BCUT2D eigenvalue weighted by molar-refractivity contribution is 9.09. The summed E-state index contributed by atoms with van der Waals surface area (Å²) in [6.07, 6.45) is 5.36. The van der Waals surface area contributed by atoms with Gasteiger partial charge in [0.2, 0.25) is 0 Å². The fraction of sp³-hybridized carbons (Fsp3) is 0.158. The number of nitrogens with one attached hydrogen (secondary N) is 1. The van der Waals surface area contributed by atoms with Crippen molar-refractivity contribution in [2.75, 3.05) is 32.8 Å². The van der Waals surface area contributed by atoms with Crippen LogP contribution in [0.25, 0.3) is 21.8 Å². The van der Waals surface area contributed by atoms with E-state index >= 15 is 0 Å². The Balaban J connectivity index is 0.000000182. The molecule has 11 heteroatoms. The van der Waals surface area contributed by atoms with E-state index in [1.54, 1.807) is 54.6 Å². The highest BCUT2D eigenvalue weighted by Gasteiger charge is 2.09. The van der Waals surface area contributed by atoms with Crippen LogP contribution in [0.15, 0.2) is 109 Å². The molecule has 1 N–H and O–H groups in total. The number of halogens is 1. The van der Waals surface area contributed by atoms with Gasteiger partial charge in [0.15, 0.2) is 12.6 Å². The van der Waals surface area contributed by atoms with Crippen LogP contribution < -0.4 is 9.47 Å². The summed E-state index contributed by atoms with van der Waals surface area (Å²) in [6, 6.07) is 29.1. The van der Waals surface area contributed by atoms with Gasteiger partial charge in [-0.15, -0.1) is 0 Å². The number of aromatic nitrogens is 2.